The molecule has 0 fully saturated rings. The third-order valence-corrected chi connectivity index (χ3v) is 4.89. The molecule has 5 heteroatoms. The number of aliphatic carboxylic acids is 2. The van der Waals surface area contributed by atoms with Crippen LogP contribution in [0, 0.1) is 0 Å². The number of ether oxygens (including phenoxy) is 1. The molecule has 0 atom stereocenters. The zero-order valence-corrected chi connectivity index (χ0v) is 17.3. The highest BCUT2D eigenvalue weighted by atomic mass is 16.5. The lowest BCUT2D eigenvalue weighted by molar-refractivity contribution is -0.138. The van der Waals surface area contributed by atoms with Crippen molar-refractivity contribution in [1.29, 1.82) is 0 Å². The van der Waals surface area contributed by atoms with Gasteiger partial charge in [0.25, 0.3) is 0 Å². The minimum absolute atomic E-state index is 0.228. The summed E-state index contributed by atoms with van der Waals surface area (Å²) in [5.74, 6) is -0.511. The van der Waals surface area contributed by atoms with Crippen molar-refractivity contribution >= 4 is 11.9 Å². The molecule has 1 rings (SSSR count). The van der Waals surface area contributed by atoms with Crippen LogP contribution in [-0.4, -0.2) is 28.8 Å². The molecule has 0 amide bonds. The number of aryl methyl sites for hydroxylation is 1. The van der Waals surface area contributed by atoms with Gasteiger partial charge in [0.05, 0.1) is 6.61 Å². The molecule has 0 unspecified atom stereocenters. The molecule has 1 aromatic carbocycles. The summed E-state index contributed by atoms with van der Waals surface area (Å²) in [6, 6.07) is 6.21. The Kier molecular flexibility index (Phi) is 12.8. The van der Waals surface area contributed by atoms with Crippen molar-refractivity contribution in [3.8, 4) is 5.75 Å². The van der Waals surface area contributed by atoms with Crippen LogP contribution in [0.4, 0.5) is 0 Å². The smallest absolute Gasteiger partial charge is 0.303 e. The van der Waals surface area contributed by atoms with Crippen LogP contribution in [0.1, 0.15) is 88.7 Å². The lowest BCUT2D eigenvalue weighted by Gasteiger charge is -2.16. The second-order valence-corrected chi connectivity index (χ2v) is 7.36. The first-order chi connectivity index (χ1) is 13.5. The summed E-state index contributed by atoms with van der Waals surface area (Å²) in [4.78, 5) is 21.3. The van der Waals surface area contributed by atoms with Crippen molar-refractivity contribution in [2.24, 2.45) is 0 Å². The second kappa shape index (κ2) is 14.9. The maximum absolute atomic E-state index is 10.7. The van der Waals surface area contributed by atoms with E-state index in [1.807, 2.05) is 12.1 Å². The van der Waals surface area contributed by atoms with Crippen LogP contribution in [0.25, 0.3) is 0 Å². The Morgan fingerprint density at radius 2 is 1.46 bits per heavy atom. The molecule has 0 saturated carbocycles. The van der Waals surface area contributed by atoms with Gasteiger partial charge in [-0.2, -0.15) is 0 Å². The number of benzene rings is 1. The van der Waals surface area contributed by atoms with E-state index in [-0.39, 0.29) is 12.8 Å². The van der Waals surface area contributed by atoms with Gasteiger partial charge in [-0.05, 0) is 62.1 Å². The van der Waals surface area contributed by atoms with Gasteiger partial charge in [0.1, 0.15) is 5.75 Å². The maximum Gasteiger partial charge on any atom is 0.303 e. The van der Waals surface area contributed by atoms with E-state index in [2.05, 4.69) is 13.0 Å². The summed E-state index contributed by atoms with van der Waals surface area (Å²) in [5.41, 5.74) is 2.52. The number of hydrogen-bond donors (Lipinski definition) is 2. The maximum atomic E-state index is 10.7. The predicted octanol–water partition coefficient (Wildman–Crippen LogP) is 5.63. The van der Waals surface area contributed by atoms with Gasteiger partial charge in [-0.15, -0.1) is 0 Å². The van der Waals surface area contributed by atoms with Gasteiger partial charge in [0, 0.05) is 12.8 Å². The molecule has 158 valence electrons. The minimum atomic E-state index is -0.735. The molecule has 0 saturated heterocycles. The fraction of sp³-hybridized carbons (Fsp3) is 0.652. The monoisotopic (exact) mass is 392 g/mol. The first kappa shape index (κ1) is 24.0. The summed E-state index contributed by atoms with van der Waals surface area (Å²) in [7, 11) is 0. The molecular weight excluding hydrogens is 356 g/mol. The van der Waals surface area contributed by atoms with Gasteiger partial charge in [0.15, 0.2) is 0 Å². The van der Waals surface area contributed by atoms with Crippen LogP contribution < -0.4 is 4.74 Å². The Morgan fingerprint density at radius 1 is 0.821 bits per heavy atom. The predicted molar refractivity (Wildman–Crippen MR) is 111 cm³/mol. The molecular formula is C23H36O5. The number of carboxylic acids is 2. The van der Waals surface area contributed by atoms with E-state index in [9.17, 15) is 9.59 Å². The number of hydrogen-bond acceptors (Lipinski definition) is 3. The Morgan fingerprint density at radius 3 is 2.07 bits per heavy atom. The van der Waals surface area contributed by atoms with E-state index in [1.54, 1.807) is 0 Å². The van der Waals surface area contributed by atoms with Crippen LogP contribution >= 0.6 is 0 Å². The van der Waals surface area contributed by atoms with Gasteiger partial charge in [0.2, 0.25) is 0 Å². The molecule has 2 N–H and O–H groups in total. The number of unbranched alkanes of at least 4 members (excludes halogenated alkanes) is 6. The fourth-order valence-corrected chi connectivity index (χ4v) is 3.32. The Labute approximate surface area is 169 Å². The lowest BCUT2D eigenvalue weighted by Crippen LogP contribution is -2.04. The Hall–Kier alpha value is -2.04. The van der Waals surface area contributed by atoms with Gasteiger partial charge >= 0.3 is 11.9 Å². The summed E-state index contributed by atoms with van der Waals surface area (Å²) < 4.78 is 6.06. The molecule has 0 aliphatic carbocycles. The largest absolute Gasteiger partial charge is 0.493 e. The highest BCUT2D eigenvalue weighted by molar-refractivity contribution is 5.66. The number of rotatable bonds is 17. The van der Waals surface area contributed by atoms with Gasteiger partial charge in [-0.25, -0.2) is 0 Å². The Balaban J connectivity index is 2.64. The normalized spacial score (nSPS) is 10.8. The van der Waals surface area contributed by atoms with Crippen molar-refractivity contribution < 1.29 is 24.5 Å². The molecule has 0 aromatic heterocycles. The zero-order valence-electron chi connectivity index (χ0n) is 17.3. The molecule has 0 aliphatic heterocycles. The summed E-state index contributed by atoms with van der Waals surface area (Å²) in [5, 5.41) is 17.5. The highest BCUT2D eigenvalue weighted by Crippen LogP contribution is 2.27. The molecule has 28 heavy (non-hydrogen) atoms. The van der Waals surface area contributed by atoms with Crippen molar-refractivity contribution in [2.45, 2.75) is 90.4 Å². The van der Waals surface area contributed by atoms with Crippen LogP contribution in [0.3, 0.4) is 0 Å². The van der Waals surface area contributed by atoms with Crippen molar-refractivity contribution in [2.75, 3.05) is 6.61 Å². The molecule has 1 aromatic rings. The van der Waals surface area contributed by atoms with E-state index >= 15 is 0 Å². The third kappa shape index (κ3) is 11.0. The molecule has 0 bridgehead atoms. The standard InChI is InChI=1S/C23H36O5/c1-2-3-10-18-28-21-15-11-13-19(12-6-4-8-16-22(24)25)20(21)14-7-5-9-17-23(26)27/h11,13,15H,2-10,12,14,16-18H2,1H3,(H,24,25)(H,26,27). The Bertz CT molecular complexity index is 582. The van der Waals surface area contributed by atoms with Crippen LogP contribution in [0.15, 0.2) is 18.2 Å². The summed E-state index contributed by atoms with van der Waals surface area (Å²) >= 11 is 0. The minimum Gasteiger partial charge on any atom is -0.493 e. The van der Waals surface area contributed by atoms with E-state index in [0.29, 0.717) is 12.8 Å². The van der Waals surface area contributed by atoms with Crippen molar-refractivity contribution in [1.82, 2.24) is 0 Å². The average Bonchev–Trinajstić information content (AvgIpc) is 2.65. The van der Waals surface area contributed by atoms with Crippen molar-refractivity contribution in [3.63, 3.8) is 0 Å². The second-order valence-electron chi connectivity index (χ2n) is 7.36. The highest BCUT2D eigenvalue weighted by Gasteiger charge is 2.10. The molecule has 0 aliphatic rings. The topological polar surface area (TPSA) is 83.8 Å². The van der Waals surface area contributed by atoms with Crippen molar-refractivity contribution in [3.05, 3.63) is 29.3 Å². The SMILES string of the molecule is CCCCCOc1cccc(CCCCCC(=O)O)c1CCCCCC(=O)O. The van der Waals surface area contributed by atoms with Crippen LogP contribution in [-0.2, 0) is 22.4 Å². The molecule has 5 nitrogen and oxygen atoms in total. The van der Waals surface area contributed by atoms with E-state index in [4.69, 9.17) is 14.9 Å². The molecule has 0 spiro atoms. The average molecular weight is 393 g/mol. The molecule has 0 heterocycles. The first-order valence-corrected chi connectivity index (χ1v) is 10.7. The summed E-state index contributed by atoms with van der Waals surface area (Å²) in [6.07, 6.45) is 10.8. The first-order valence-electron chi connectivity index (χ1n) is 10.7. The van der Waals surface area contributed by atoms with E-state index in [1.165, 1.54) is 11.1 Å². The molecule has 0 radical (unpaired) electrons. The van der Waals surface area contributed by atoms with Crippen LogP contribution in [0.5, 0.6) is 5.75 Å². The van der Waals surface area contributed by atoms with Crippen LogP contribution in [0.2, 0.25) is 0 Å². The van der Waals surface area contributed by atoms with Gasteiger partial charge in [-0.1, -0.05) is 44.7 Å². The van der Waals surface area contributed by atoms with Gasteiger partial charge < -0.3 is 14.9 Å². The lowest BCUT2D eigenvalue weighted by atomic mass is 9.95. The third-order valence-electron chi connectivity index (χ3n) is 4.89. The quantitative estimate of drug-likeness (QED) is 0.336. The van der Waals surface area contributed by atoms with Gasteiger partial charge in [-0.3, -0.25) is 9.59 Å². The summed E-state index contributed by atoms with van der Waals surface area (Å²) in [6.45, 7) is 2.90. The zero-order chi connectivity index (χ0) is 20.6. The van der Waals surface area contributed by atoms with E-state index < -0.39 is 11.9 Å². The van der Waals surface area contributed by atoms with E-state index in [0.717, 1.165) is 70.1 Å². The number of carboxylic acid groups (broad SMARTS) is 2. The fourth-order valence-electron chi connectivity index (χ4n) is 3.32. The number of carbonyl (C=O) groups is 2.